The molecule has 0 saturated carbocycles. The summed E-state index contributed by atoms with van der Waals surface area (Å²) < 4.78 is 29.1. The number of amides is 1. The van der Waals surface area contributed by atoms with E-state index in [-0.39, 0.29) is 23.3 Å². The number of nitrogens with one attached hydrogen (secondary N) is 2. The fraction of sp³-hybridized carbons (Fsp3) is 0.200. The Morgan fingerprint density at radius 3 is 2.77 bits per heavy atom. The topological polar surface area (TPSA) is 117 Å². The number of sulfonamides is 1. The number of pyridine rings is 1. The van der Waals surface area contributed by atoms with E-state index < -0.39 is 15.4 Å². The lowest BCUT2D eigenvalue weighted by molar-refractivity contribution is -0.115. The van der Waals surface area contributed by atoms with Gasteiger partial charge in [-0.1, -0.05) is 32.0 Å². The summed E-state index contributed by atoms with van der Waals surface area (Å²) in [6.45, 7) is 4.19. The van der Waals surface area contributed by atoms with Gasteiger partial charge in [0.15, 0.2) is 5.82 Å². The third-order valence-electron chi connectivity index (χ3n) is 6.42. The van der Waals surface area contributed by atoms with E-state index in [0.717, 1.165) is 22.2 Å². The van der Waals surface area contributed by atoms with E-state index in [1.54, 1.807) is 30.6 Å². The zero-order chi connectivity index (χ0) is 24.4. The number of anilines is 4. The van der Waals surface area contributed by atoms with Crippen LogP contribution in [0, 0.1) is 0 Å². The first-order valence-corrected chi connectivity index (χ1v) is 12.6. The van der Waals surface area contributed by atoms with Crippen LogP contribution in [0.4, 0.5) is 23.1 Å². The number of hydrogen-bond acceptors (Lipinski definition) is 7. The summed E-state index contributed by atoms with van der Waals surface area (Å²) in [5.41, 5.74) is 3.09. The third-order valence-corrected chi connectivity index (χ3v) is 8.19. The number of carbonyl (C=O) groups excluding carboxylic acids is 1. The minimum atomic E-state index is -3.95. The smallest absolute Gasteiger partial charge is 0.267 e. The number of para-hydroxylation sites is 1. The number of benzene rings is 2. The normalized spacial score (nSPS) is 16.2. The van der Waals surface area contributed by atoms with Gasteiger partial charge in [0.05, 0.1) is 11.9 Å². The Hall–Kier alpha value is -4.05. The Kier molecular flexibility index (Phi) is 4.59. The van der Waals surface area contributed by atoms with E-state index in [4.69, 9.17) is 0 Å². The molecule has 0 radical (unpaired) electrons. The number of rotatable bonds is 4. The predicted molar refractivity (Wildman–Crippen MR) is 133 cm³/mol. The van der Waals surface area contributed by atoms with Crippen molar-refractivity contribution in [2.75, 3.05) is 21.5 Å². The van der Waals surface area contributed by atoms with Gasteiger partial charge in [-0.15, -0.1) is 0 Å². The van der Waals surface area contributed by atoms with Crippen molar-refractivity contribution in [1.82, 2.24) is 15.0 Å². The van der Waals surface area contributed by atoms with Gasteiger partial charge in [-0.05, 0) is 35.9 Å². The third kappa shape index (κ3) is 3.48. The molecule has 0 fully saturated rings. The molecule has 35 heavy (non-hydrogen) atoms. The molecule has 6 rings (SSSR count). The SMILES string of the molecule is CC1(C)CN(S(=O)(=O)c2cccc3cccnc23)c2nc(Nc3ccc4c(c3)CC(=O)N4)ncc21. The lowest BCUT2D eigenvalue weighted by Gasteiger charge is -2.22. The quantitative estimate of drug-likeness (QED) is 0.451. The molecular formula is C25H22N6O3S. The Bertz CT molecular complexity index is 1630. The largest absolute Gasteiger partial charge is 0.326 e. The summed E-state index contributed by atoms with van der Waals surface area (Å²) in [6, 6.07) is 14.3. The Balaban J connectivity index is 1.40. The first-order chi connectivity index (χ1) is 16.7. The Morgan fingerprint density at radius 2 is 1.91 bits per heavy atom. The van der Waals surface area contributed by atoms with Gasteiger partial charge >= 0.3 is 0 Å². The van der Waals surface area contributed by atoms with Crippen LogP contribution in [0.5, 0.6) is 0 Å². The van der Waals surface area contributed by atoms with E-state index in [1.807, 2.05) is 44.2 Å². The van der Waals surface area contributed by atoms with Gasteiger partial charge in [-0.25, -0.2) is 17.7 Å². The lowest BCUT2D eigenvalue weighted by Crippen LogP contribution is -2.34. The number of hydrogen-bond donors (Lipinski definition) is 2. The van der Waals surface area contributed by atoms with Crippen molar-refractivity contribution in [2.24, 2.45) is 0 Å². The minimum Gasteiger partial charge on any atom is -0.326 e. The minimum absolute atomic E-state index is 0.0445. The zero-order valence-electron chi connectivity index (χ0n) is 19.1. The average molecular weight is 487 g/mol. The van der Waals surface area contributed by atoms with Crippen LogP contribution in [0.2, 0.25) is 0 Å². The summed E-state index contributed by atoms with van der Waals surface area (Å²) in [5, 5.41) is 6.71. The van der Waals surface area contributed by atoms with Crippen LogP contribution in [0.3, 0.4) is 0 Å². The molecule has 9 nitrogen and oxygen atoms in total. The summed E-state index contributed by atoms with van der Waals surface area (Å²) in [4.78, 5) is 25.2. The van der Waals surface area contributed by atoms with Crippen molar-refractivity contribution in [3.63, 3.8) is 0 Å². The van der Waals surface area contributed by atoms with Crippen molar-refractivity contribution in [3.8, 4) is 0 Å². The highest BCUT2D eigenvalue weighted by atomic mass is 32.2. The molecule has 0 aliphatic carbocycles. The van der Waals surface area contributed by atoms with Crippen LogP contribution in [0.25, 0.3) is 10.9 Å². The Labute approximate surface area is 202 Å². The molecule has 2 aromatic heterocycles. The molecule has 4 heterocycles. The van der Waals surface area contributed by atoms with Gasteiger partial charge in [-0.2, -0.15) is 4.98 Å². The molecule has 0 saturated heterocycles. The van der Waals surface area contributed by atoms with Gasteiger partial charge in [0, 0.05) is 46.7 Å². The van der Waals surface area contributed by atoms with Gasteiger partial charge in [0.25, 0.3) is 10.0 Å². The molecule has 0 spiro atoms. The highest BCUT2D eigenvalue weighted by Gasteiger charge is 2.43. The van der Waals surface area contributed by atoms with Crippen molar-refractivity contribution >= 4 is 50.0 Å². The van der Waals surface area contributed by atoms with E-state index in [1.165, 1.54) is 4.31 Å². The number of nitrogens with zero attached hydrogens (tertiary/aromatic N) is 4. The highest BCUT2D eigenvalue weighted by molar-refractivity contribution is 7.93. The number of aromatic nitrogens is 3. The molecule has 0 bridgehead atoms. The standard InChI is InChI=1S/C25H22N6O3S/c1-25(2)14-31(35(33,34)20-7-3-5-15-6-4-10-26-22(15)20)23-18(25)13-27-24(30-23)28-17-8-9-19-16(11-17)12-21(32)29-19/h3-11,13H,12,14H2,1-2H3,(H,29,32)(H,27,28,30). The maximum Gasteiger partial charge on any atom is 0.267 e. The summed E-state index contributed by atoms with van der Waals surface area (Å²) in [7, 11) is -3.95. The first kappa shape index (κ1) is 21.5. The van der Waals surface area contributed by atoms with Crippen LogP contribution in [-0.2, 0) is 26.7 Å². The van der Waals surface area contributed by atoms with Gasteiger partial charge in [-0.3, -0.25) is 9.78 Å². The van der Waals surface area contributed by atoms with Crippen molar-refractivity contribution in [1.29, 1.82) is 0 Å². The second kappa shape index (κ2) is 7.47. The molecule has 2 N–H and O–H groups in total. The molecule has 2 aromatic carbocycles. The molecule has 10 heteroatoms. The predicted octanol–water partition coefficient (Wildman–Crippen LogP) is 3.75. The molecule has 4 aromatic rings. The van der Waals surface area contributed by atoms with E-state index in [0.29, 0.717) is 23.4 Å². The Morgan fingerprint density at radius 1 is 1.09 bits per heavy atom. The molecular weight excluding hydrogens is 464 g/mol. The molecule has 0 atom stereocenters. The van der Waals surface area contributed by atoms with Gasteiger partial charge in [0.1, 0.15) is 4.90 Å². The van der Waals surface area contributed by atoms with E-state index in [2.05, 4.69) is 25.6 Å². The molecule has 2 aliphatic heterocycles. The molecule has 176 valence electrons. The molecule has 0 unspecified atom stereocenters. The van der Waals surface area contributed by atoms with Crippen LogP contribution >= 0.6 is 0 Å². The maximum atomic E-state index is 13.9. The number of carbonyl (C=O) groups is 1. The van der Waals surface area contributed by atoms with Crippen LogP contribution in [-0.4, -0.2) is 35.8 Å². The van der Waals surface area contributed by atoms with Gasteiger partial charge < -0.3 is 10.6 Å². The molecule has 2 aliphatic rings. The summed E-state index contributed by atoms with van der Waals surface area (Å²) >= 11 is 0. The average Bonchev–Trinajstić information content (AvgIpc) is 3.34. The summed E-state index contributed by atoms with van der Waals surface area (Å²) in [5.74, 6) is 0.574. The van der Waals surface area contributed by atoms with Gasteiger partial charge in [0.2, 0.25) is 11.9 Å². The second-order valence-corrected chi connectivity index (χ2v) is 11.2. The monoisotopic (exact) mass is 486 g/mol. The maximum absolute atomic E-state index is 13.9. The van der Waals surface area contributed by atoms with Crippen LogP contribution in [0.1, 0.15) is 25.0 Å². The lowest BCUT2D eigenvalue weighted by atomic mass is 9.89. The van der Waals surface area contributed by atoms with E-state index in [9.17, 15) is 13.2 Å². The van der Waals surface area contributed by atoms with Crippen LogP contribution in [0.15, 0.2) is 65.8 Å². The van der Waals surface area contributed by atoms with Crippen molar-refractivity contribution < 1.29 is 13.2 Å². The fourth-order valence-electron chi connectivity index (χ4n) is 4.66. The second-order valence-electron chi connectivity index (χ2n) is 9.38. The highest BCUT2D eigenvalue weighted by Crippen LogP contribution is 2.42. The number of fused-ring (bicyclic) bond motifs is 3. The summed E-state index contributed by atoms with van der Waals surface area (Å²) in [6.07, 6.45) is 3.59. The first-order valence-electron chi connectivity index (χ1n) is 11.2. The van der Waals surface area contributed by atoms with Crippen LogP contribution < -0.4 is 14.9 Å². The fourth-order valence-corrected chi connectivity index (χ4v) is 6.42. The van der Waals surface area contributed by atoms with E-state index >= 15 is 0 Å². The molecule has 1 amide bonds. The zero-order valence-corrected chi connectivity index (χ0v) is 19.9. The van der Waals surface area contributed by atoms with Crippen molar-refractivity contribution in [2.45, 2.75) is 30.6 Å². The van der Waals surface area contributed by atoms with Crippen molar-refractivity contribution in [3.05, 3.63) is 72.1 Å².